The van der Waals surface area contributed by atoms with Crippen molar-refractivity contribution in [2.45, 2.75) is 42.9 Å². The molecule has 2 rings (SSSR count). The Hall–Kier alpha value is -2.12. The summed E-state index contributed by atoms with van der Waals surface area (Å²) in [6.45, 7) is 4.21. The highest BCUT2D eigenvalue weighted by Crippen LogP contribution is 2.20. The topological polar surface area (TPSA) is 102 Å². The molecule has 1 heterocycles. The molecule has 0 aliphatic carbocycles. The molecule has 0 bridgehead atoms. The van der Waals surface area contributed by atoms with Gasteiger partial charge in [0.2, 0.25) is 0 Å². The van der Waals surface area contributed by atoms with E-state index in [4.69, 9.17) is 10.2 Å². The van der Waals surface area contributed by atoms with Gasteiger partial charge in [-0.2, -0.15) is 0 Å². The number of carbonyl (C=O) groups is 1. The highest BCUT2D eigenvalue weighted by Gasteiger charge is 2.25. The molecule has 136 valence electrons. The lowest BCUT2D eigenvalue weighted by molar-refractivity contribution is 0.0913. The molecule has 0 spiro atoms. The van der Waals surface area contributed by atoms with E-state index < -0.39 is 21.3 Å². The van der Waals surface area contributed by atoms with Crippen LogP contribution in [0.3, 0.4) is 0 Å². The summed E-state index contributed by atoms with van der Waals surface area (Å²) in [5, 5.41) is 2.74. The van der Waals surface area contributed by atoms with Crippen LogP contribution in [0, 0.1) is 0 Å². The van der Waals surface area contributed by atoms with Crippen molar-refractivity contribution in [1.29, 1.82) is 0 Å². The van der Waals surface area contributed by atoms with Crippen LogP contribution < -0.4 is 11.1 Å². The number of benzene rings is 1. The maximum atomic E-state index is 12.5. The third-order valence-electron chi connectivity index (χ3n) is 4.41. The highest BCUT2D eigenvalue weighted by molar-refractivity contribution is 7.90. The fraction of sp³-hybridized carbons (Fsp3) is 0.389. The maximum Gasteiger partial charge on any atom is 0.287 e. The molecule has 2 aromatic rings. The number of hydrogen-bond acceptors (Lipinski definition) is 5. The molecule has 25 heavy (non-hydrogen) atoms. The Kier molecular flexibility index (Phi) is 6.02. The van der Waals surface area contributed by atoms with Crippen LogP contribution >= 0.6 is 0 Å². The van der Waals surface area contributed by atoms with Gasteiger partial charge in [0.05, 0.1) is 16.9 Å². The Labute approximate surface area is 148 Å². The van der Waals surface area contributed by atoms with Crippen molar-refractivity contribution in [3.05, 3.63) is 54.0 Å². The van der Waals surface area contributed by atoms with Gasteiger partial charge >= 0.3 is 0 Å². The van der Waals surface area contributed by atoms with Crippen LogP contribution in [-0.4, -0.2) is 26.4 Å². The van der Waals surface area contributed by atoms with E-state index >= 15 is 0 Å². The van der Waals surface area contributed by atoms with Crippen molar-refractivity contribution in [3.8, 4) is 0 Å². The molecule has 0 unspecified atom stereocenters. The number of sulfone groups is 1. The van der Waals surface area contributed by atoms with Gasteiger partial charge in [-0.3, -0.25) is 4.79 Å². The van der Waals surface area contributed by atoms with Gasteiger partial charge in [-0.25, -0.2) is 8.42 Å². The average Bonchev–Trinajstić information content (AvgIpc) is 3.07. The number of amides is 1. The van der Waals surface area contributed by atoms with Gasteiger partial charge in [0.1, 0.15) is 0 Å². The molecule has 6 nitrogen and oxygen atoms in total. The number of rotatable bonds is 8. The Bertz CT molecular complexity index is 809. The van der Waals surface area contributed by atoms with Gasteiger partial charge in [-0.1, -0.05) is 32.0 Å². The van der Waals surface area contributed by atoms with E-state index in [9.17, 15) is 13.2 Å². The van der Waals surface area contributed by atoms with Crippen molar-refractivity contribution in [2.75, 3.05) is 6.54 Å². The molecule has 1 aromatic heterocycles. The predicted octanol–water partition coefficient (Wildman–Crippen LogP) is 2.50. The van der Waals surface area contributed by atoms with Crippen LogP contribution in [0.25, 0.3) is 0 Å². The van der Waals surface area contributed by atoms with Crippen molar-refractivity contribution >= 4 is 15.7 Å². The van der Waals surface area contributed by atoms with Gasteiger partial charge in [0.15, 0.2) is 15.6 Å². The monoisotopic (exact) mass is 364 g/mol. The van der Waals surface area contributed by atoms with E-state index in [0.29, 0.717) is 12.1 Å². The third kappa shape index (κ3) is 4.70. The van der Waals surface area contributed by atoms with Crippen LogP contribution in [0.1, 0.15) is 42.8 Å². The summed E-state index contributed by atoms with van der Waals surface area (Å²) in [5.41, 5.74) is 6.02. The van der Waals surface area contributed by atoms with Crippen LogP contribution in [0.2, 0.25) is 0 Å². The molecule has 0 aliphatic rings. The summed E-state index contributed by atoms with van der Waals surface area (Å²) < 4.78 is 30.2. The third-order valence-corrected chi connectivity index (χ3v) is 6.09. The first kappa shape index (κ1) is 19.2. The molecule has 0 fully saturated rings. The fourth-order valence-electron chi connectivity index (χ4n) is 2.40. The quantitative estimate of drug-likeness (QED) is 0.749. The Morgan fingerprint density at radius 3 is 2.40 bits per heavy atom. The smallest absolute Gasteiger partial charge is 0.287 e. The molecule has 1 amide bonds. The van der Waals surface area contributed by atoms with Gasteiger partial charge in [0, 0.05) is 17.6 Å². The molecular weight excluding hydrogens is 340 g/mol. The van der Waals surface area contributed by atoms with Gasteiger partial charge in [-0.15, -0.1) is 0 Å². The van der Waals surface area contributed by atoms with Gasteiger partial charge in [-0.05, 0) is 31.0 Å². The molecule has 1 aromatic carbocycles. The number of nitrogens with two attached hydrogens (primary N) is 1. The second-order valence-electron chi connectivity index (χ2n) is 6.10. The lowest BCUT2D eigenvalue weighted by atomic mass is 9.94. The minimum atomic E-state index is -3.56. The normalized spacial score (nSPS) is 12.1. The second-order valence-corrected chi connectivity index (χ2v) is 8.09. The summed E-state index contributed by atoms with van der Waals surface area (Å²) >= 11 is 0. The summed E-state index contributed by atoms with van der Waals surface area (Å²) in [6.07, 6.45) is 2.76. The lowest BCUT2D eigenvalue weighted by Crippen LogP contribution is -2.49. The Morgan fingerprint density at radius 1 is 1.16 bits per heavy atom. The molecule has 0 radical (unpaired) electrons. The number of furan rings is 1. The SMILES string of the molecule is CCC(N)(CC)CNC(=O)c1occc1CS(=O)(=O)c1ccccc1. The Balaban J connectivity index is 2.14. The van der Waals surface area contributed by atoms with E-state index in [-0.39, 0.29) is 16.4 Å². The fourth-order valence-corrected chi connectivity index (χ4v) is 3.78. The summed E-state index contributed by atoms with van der Waals surface area (Å²) in [6, 6.07) is 9.63. The average molecular weight is 364 g/mol. The summed E-state index contributed by atoms with van der Waals surface area (Å²) in [4.78, 5) is 12.6. The largest absolute Gasteiger partial charge is 0.459 e. The van der Waals surface area contributed by atoms with Gasteiger partial charge < -0.3 is 15.5 Å². The first-order chi connectivity index (χ1) is 11.8. The number of nitrogens with one attached hydrogen (secondary N) is 1. The molecular formula is C18H24N2O4S. The lowest BCUT2D eigenvalue weighted by Gasteiger charge is -2.26. The molecule has 0 aliphatic heterocycles. The van der Waals surface area contributed by atoms with Crippen molar-refractivity contribution < 1.29 is 17.6 Å². The first-order valence-electron chi connectivity index (χ1n) is 8.22. The highest BCUT2D eigenvalue weighted by atomic mass is 32.2. The first-order valence-corrected chi connectivity index (χ1v) is 9.88. The molecule has 0 saturated carbocycles. The van der Waals surface area contributed by atoms with Crippen LogP contribution in [0.5, 0.6) is 0 Å². The molecule has 0 atom stereocenters. The van der Waals surface area contributed by atoms with E-state index in [1.807, 2.05) is 13.8 Å². The zero-order chi connectivity index (χ0) is 18.5. The predicted molar refractivity (Wildman–Crippen MR) is 95.9 cm³/mol. The zero-order valence-electron chi connectivity index (χ0n) is 14.5. The number of hydrogen-bond donors (Lipinski definition) is 2. The summed E-state index contributed by atoms with van der Waals surface area (Å²) in [5.74, 6) is -0.750. The molecule has 3 N–H and O–H groups in total. The standard InChI is InChI=1S/C18H24N2O4S/c1-3-18(19,4-2)13-20-17(21)16-14(10-11-24-16)12-25(22,23)15-8-6-5-7-9-15/h5-11H,3-4,12-13,19H2,1-2H3,(H,20,21). The minimum absolute atomic E-state index is 0.00839. The van der Waals surface area contributed by atoms with Crippen LogP contribution in [0.15, 0.2) is 52.0 Å². The summed E-state index contributed by atoms with van der Waals surface area (Å²) in [7, 11) is -3.56. The second kappa shape index (κ2) is 7.84. The zero-order valence-corrected chi connectivity index (χ0v) is 15.3. The van der Waals surface area contributed by atoms with E-state index in [2.05, 4.69) is 5.32 Å². The van der Waals surface area contributed by atoms with Gasteiger partial charge in [0.25, 0.3) is 5.91 Å². The molecule has 0 saturated heterocycles. The van der Waals surface area contributed by atoms with Crippen molar-refractivity contribution in [1.82, 2.24) is 5.32 Å². The van der Waals surface area contributed by atoms with E-state index in [0.717, 1.165) is 12.8 Å². The van der Waals surface area contributed by atoms with E-state index in [1.165, 1.54) is 24.5 Å². The van der Waals surface area contributed by atoms with Crippen LogP contribution in [0.4, 0.5) is 0 Å². The van der Waals surface area contributed by atoms with Crippen molar-refractivity contribution in [2.24, 2.45) is 5.73 Å². The number of carbonyl (C=O) groups excluding carboxylic acids is 1. The Morgan fingerprint density at radius 2 is 1.80 bits per heavy atom. The van der Waals surface area contributed by atoms with Crippen LogP contribution in [-0.2, 0) is 15.6 Å². The van der Waals surface area contributed by atoms with E-state index in [1.54, 1.807) is 18.2 Å². The molecule has 7 heteroatoms. The maximum absolute atomic E-state index is 12.5. The van der Waals surface area contributed by atoms with Crippen molar-refractivity contribution in [3.63, 3.8) is 0 Å². The minimum Gasteiger partial charge on any atom is -0.459 e.